The minimum atomic E-state index is -0.407. The number of benzene rings is 1. The maximum atomic E-state index is 12.2. The molecule has 0 bridgehead atoms. The van der Waals surface area contributed by atoms with E-state index in [-0.39, 0.29) is 5.97 Å². The Bertz CT molecular complexity index is 541. The molecule has 1 aromatic rings. The highest BCUT2D eigenvalue weighted by atomic mass is 32.2. The first-order valence-corrected chi connectivity index (χ1v) is 8.39. The van der Waals surface area contributed by atoms with Crippen LogP contribution in [0, 0.1) is 17.2 Å². The number of carbonyl (C=O) groups excluding carboxylic acids is 1. The Morgan fingerprint density at radius 2 is 2.43 bits per heavy atom. The molecule has 0 aromatic heterocycles. The maximum Gasteiger partial charge on any atom is 0.327 e. The predicted molar refractivity (Wildman–Crippen MR) is 84.0 cm³/mol. The van der Waals surface area contributed by atoms with E-state index in [9.17, 15) is 4.79 Å². The first-order chi connectivity index (χ1) is 10.2. The summed E-state index contributed by atoms with van der Waals surface area (Å²) in [5, 5.41) is 9.03. The van der Waals surface area contributed by atoms with E-state index in [0.717, 1.165) is 30.8 Å². The van der Waals surface area contributed by atoms with Gasteiger partial charge in [0.05, 0.1) is 18.7 Å². The third-order valence-electron chi connectivity index (χ3n) is 3.84. The van der Waals surface area contributed by atoms with Crippen molar-refractivity contribution in [1.29, 1.82) is 5.26 Å². The van der Waals surface area contributed by atoms with Crippen LogP contribution in [0.4, 0.5) is 0 Å². The summed E-state index contributed by atoms with van der Waals surface area (Å²) in [5.41, 5.74) is 1.41. The quantitative estimate of drug-likeness (QED) is 0.782. The van der Waals surface area contributed by atoms with E-state index in [1.54, 1.807) is 12.1 Å². The lowest BCUT2D eigenvalue weighted by Crippen LogP contribution is -2.33. The van der Waals surface area contributed by atoms with Gasteiger partial charge in [0.15, 0.2) is 0 Å². The van der Waals surface area contributed by atoms with Crippen molar-refractivity contribution in [3.05, 3.63) is 35.4 Å². The van der Waals surface area contributed by atoms with Crippen LogP contribution in [0.25, 0.3) is 0 Å². The van der Waals surface area contributed by atoms with Gasteiger partial charge in [-0.3, -0.25) is 4.90 Å². The number of ether oxygens (including phenoxy) is 1. The van der Waals surface area contributed by atoms with Crippen LogP contribution in [0.5, 0.6) is 0 Å². The summed E-state index contributed by atoms with van der Waals surface area (Å²) >= 11 is 1.84. The Kier molecular flexibility index (Phi) is 5.66. The average Bonchev–Trinajstić information content (AvgIpc) is 2.96. The van der Waals surface area contributed by atoms with Crippen molar-refractivity contribution in [3.8, 4) is 6.07 Å². The number of hydrogen-bond donors (Lipinski definition) is 0. The Hall–Kier alpha value is -1.51. The van der Waals surface area contributed by atoms with Gasteiger partial charge in [-0.1, -0.05) is 12.1 Å². The molecule has 1 saturated heterocycles. The van der Waals surface area contributed by atoms with E-state index in [0.29, 0.717) is 11.5 Å². The second kappa shape index (κ2) is 7.48. The van der Waals surface area contributed by atoms with Crippen molar-refractivity contribution in [1.82, 2.24) is 4.90 Å². The number of nitriles is 1. The van der Waals surface area contributed by atoms with Crippen molar-refractivity contribution >= 4 is 17.7 Å². The third kappa shape index (κ3) is 3.78. The molecule has 0 N–H and O–H groups in total. The molecule has 2 rings (SSSR count). The number of rotatable bonds is 5. The molecule has 0 radical (unpaired) electrons. The van der Waals surface area contributed by atoms with Crippen molar-refractivity contribution in [3.63, 3.8) is 0 Å². The summed E-state index contributed by atoms with van der Waals surface area (Å²) in [6.07, 6.45) is 3.21. The van der Waals surface area contributed by atoms with Gasteiger partial charge in [0.25, 0.3) is 0 Å². The minimum Gasteiger partial charge on any atom is -0.468 e. The van der Waals surface area contributed by atoms with Gasteiger partial charge in [-0.25, -0.2) is 4.79 Å². The molecule has 1 heterocycles. The number of likely N-dealkylation sites (tertiary alicyclic amines) is 1. The summed E-state index contributed by atoms with van der Waals surface area (Å²) < 4.78 is 4.98. The van der Waals surface area contributed by atoms with Crippen LogP contribution in [-0.4, -0.2) is 43.1 Å². The van der Waals surface area contributed by atoms with E-state index in [4.69, 9.17) is 10.00 Å². The van der Waals surface area contributed by atoms with E-state index >= 15 is 0 Å². The van der Waals surface area contributed by atoms with Gasteiger partial charge in [0.2, 0.25) is 0 Å². The molecule has 0 aliphatic carbocycles. The van der Waals surface area contributed by atoms with Crippen molar-refractivity contribution in [2.24, 2.45) is 5.92 Å². The largest absolute Gasteiger partial charge is 0.468 e. The standard InChI is InChI=1S/C16H20N2O2S/c1-20-16(19)15(14-5-3-4-12(8-14)9-17)18-7-6-13(10-18)11-21-2/h3-5,8,13,15H,6-7,10-11H2,1-2H3/t13-,15+/m0/s1. The van der Waals surface area contributed by atoms with Gasteiger partial charge in [0, 0.05) is 6.54 Å². The number of carbonyl (C=O) groups is 1. The SMILES string of the molecule is COC(=O)[C@@H](c1cccc(C#N)c1)N1CC[C@H](CSC)C1. The smallest absolute Gasteiger partial charge is 0.327 e. The molecule has 4 nitrogen and oxygen atoms in total. The maximum absolute atomic E-state index is 12.2. The number of esters is 1. The molecule has 0 unspecified atom stereocenters. The molecule has 0 spiro atoms. The Balaban J connectivity index is 2.23. The van der Waals surface area contributed by atoms with Crippen LogP contribution < -0.4 is 0 Å². The fourth-order valence-electron chi connectivity index (χ4n) is 2.85. The van der Waals surface area contributed by atoms with Crippen LogP contribution in [-0.2, 0) is 9.53 Å². The average molecular weight is 304 g/mol. The third-order valence-corrected chi connectivity index (χ3v) is 4.65. The molecule has 1 fully saturated rings. The van der Waals surface area contributed by atoms with E-state index in [2.05, 4.69) is 17.2 Å². The molecule has 1 aliphatic rings. The zero-order valence-corrected chi connectivity index (χ0v) is 13.2. The highest BCUT2D eigenvalue weighted by Gasteiger charge is 2.34. The second-order valence-electron chi connectivity index (χ2n) is 5.27. The fraction of sp³-hybridized carbons (Fsp3) is 0.500. The monoisotopic (exact) mass is 304 g/mol. The summed E-state index contributed by atoms with van der Waals surface area (Å²) in [5.74, 6) is 1.48. The van der Waals surface area contributed by atoms with Gasteiger partial charge >= 0.3 is 5.97 Å². The molecular formula is C16H20N2O2S. The second-order valence-corrected chi connectivity index (χ2v) is 6.18. The van der Waals surface area contributed by atoms with Crippen molar-refractivity contribution < 1.29 is 9.53 Å². The lowest BCUT2D eigenvalue weighted by molar-refractivity contribution is -0.147. The lowest BCUT2D eigenvalue weighted by atomic mass is 10.0. The summed E-state index contributed by atoms with van der Waals surface area (Å²) in [6, 6.07) is 8.96. The number of methoxy groups -OCH3 is 1. The summed E-state index contributed by atoms with van der Waals surface area (Å²) in [6.45, 7) is 1.79. The molecule has 2 atom stereocenters. The van der Waals surface area contributed by atoms with Crippen molar-refractivity contribution in [2.75, 3.05) is 32.2 Å². The molecule has 112 valence electrons. The topological polar surface area (TPSA) is 53.3 Å². The first-order valence-electron chi connectivity index (χ1n) is 7.00. The van der Waals surface area contributed by atoms with E-state index in [1.807, 2.05) is 23.9 Å². The predicted octanol–water partition coefficient (Wildman–Crippen LogP) is 2.46. The Morgan fingerprint density at radius 3 is 3.10 bits per heavy atom. The molecule has 1 aliphatic heterocycles. The van der Waals surface area contributed by atoms with Crippen LogP contribution in [0.2, 0.25) is 0 Å². The van der Waals surface area contributed by atoms with Crippen LogP contribution in [0.1, 0.15) is 23.6 Å². The van der Waals surface area contributed by atoms with Gasteiger partial charge in [-0.15, -0.1) is 0 Å². The zero-order chi connectivity index (χ0) is 15.2. The van der Waals surface area contributed by atoms with Crippen molar-refractivity contribution in [2.45, 2.75) is 12.5 Å². The first kappa shape index (κ1) is 15.9. The molecule has 0 saturated carbocycles. The normalized spacial score (nSPS) is 20.0. The van der Waals surface area contributed by atoms with Gasteiger partial charge < -0.3 is 4.74 Å². The molecule has 0 amide bonds. The molecular weight excluding hydrogens is 284 g/mol. The summed E-state index contributed by atoms with van der Waals surface area (Å²) in [7, 11) is 1.42. The highest BCUT2D eigenvalue weighted by Crippen LogP contribution is 2.30. The molecule has 21 heavy (non-hydrogen) atoms. The molecule has 1 aromatic carbocycles. The van der Waals surface area contributed by atoms with Gasteiger partial charge in [-0.2, -0.15) is 17.0 Å². The number of thioether (sulfide) groups is 1. The van der Waals surface area contributed by atoms with Crippen LogP contribution in [0.15, 0.2) is 24.3 Å². The summed E-state index contributed by atoms with van der Waals surface area (Å²) in [4.78, 5) is 14.4. The Labute approximate surface area is 130 Å². The van der Waals surface area contributed by atoms with Gasteiger partial charge in [-0.05, 0) is 48.6 Å². The highest BCUT2D eigenvalue weighted by molar-refractivity contribution is 7.98. The van der Waals surface area contributed by atoms with Crippen LogP contribution >= 0.6 is 11.8 Å². The van der Waals surface area contributed by atoms with E-state index < -0.39 is 6.04 Å². The lowest BCUT2D eigenvalue weighted by Gasteiger charge is -2.26. The number of hydrogen-bond acceptors (Lipinski definition) is 5. The minimum absolute atomic E-state index is 0.255. The zero-order valence-electron chi connectivity index (χ0n) is 12.4. The number of nitrogens with zero attached hydrogens (tertiary/aromatic N) is 2. The fourth-order valence-corrected chi connectivity index (χ4v) is 3.60. The van der Waals surface area contributed by atoms with Gasteiger partial charge in [0.1, 0.15) is 6.04 Å². The Morgan fingerprint density at radius 1 is 1.62 bits per heavy atom. The molecule has 5 heteroatoms. The van der Waals surface area contributed by atoms with Crippen LogP contribution in [0.3, 0.4) is 0 Å². The van der Waals surface area contributed by atoms with E-state index in [1.165, 1.54) is 7.11 Å².